The van der Waals surface area contributed by atoms with E-state index in [4.69, 9.17) is 85.8 Å². The Labute approximate surface area is 768 Å². The lowest BCUT2D eigenvalue weighted by Crippen LogP contribution is -2.29. The highest BCUT2D eigenvalue weighted by atomic mass is 32.2. The number of nitrogens with one attached hydrogen (secondary N) is 2. The van der Waals surface area contributed by atoms with E-state index in [1.54, 1.807) is 48.5 Å². The predicted octanol–water partition coefficient (Wildman–Crippen LogP) is 13.7. The third kappa shape index (κ3) is 56.9. The summed E-state index contributed by atoms with van der Waals surface area (Å²) in [5.41, 5.74) is 3.39. The van der Waals surface area contributed by atoms with Crippen LogP contribution in [0.25, 0.3) is 11.3 Å². The number of unbranched alkanes of at least 4 members (excludes halogenated alkanes) is 1. The monoisotopic (exact) mass is 1870 g/mol. The minimum atomic E-state index is -4.49. The molecule has 6 aromatic rings. The van der Waals surface area contributed by atoms with Gasteiger partial charge < -0.3 is 102 Å². The van der Waals surface area contributed by atoms with Crippen molar-refractivity contribution in [2.24, 2.45) is 0 Å². The van der Waals surface area contributed by atoms with Crippen LogP contribution in [0.5, 0.6) is 0 Å². The molecule has 130 heavy (non-hydrogen) atoms. The van der Waals surface area contributed by atoms with Crippen molar-refractivity contribution in [2.45, 2.75) is 173 Å². The first-order valence-corrected chi connectivity index (χ1v) is 45.8. The fraction of sp³-hybridized carbons (Fsp3) is 0.564. The topological polar surface area (TPSA) is 396 Å². The van der Waals surface area contributed by atoms with Crippen LogP contribution in [0, 0.1) is 6.92 Å². The summed E-state index contributed by atoms with van der Waals surface area (Å²) < 4.78 is 141. The Morgan fingerprint density at radius 2 is 0.908 bits per heavy atom. The Morgan fingerprint density at radius 1 is 0.469 bits per heavy atom. The second-order valence-corrected chi connectivity index (χ2v) is 34.4. The summed E-state index contributed by atoms with van der Waals surface area (Å²) in [5.74, 6) is -2.09. The van der Waals surface area contributed by atoms with Gasteiger partial charge in [0.15, 0.2) is 0 Å². The summed E-state index contributed by atoms with van der Waals surface area (Å²) in [6, 6.07) is 34.0. The highest BCUT2D eigenvalue weighted by Crippen LogP contribution is 2.35. The molecule has 0 spiro atoms. The fourth-order valence-corrected chi connectivity index (χ4v) is 12.7. The third-order valence-electron chi connectivity index (χ3n) is 17.0. The third-order valence-corrected chi connectivity index (χ3v) is 19.4. The molecule has 7 rings (SSSR count). The number of aromatic carboxylic acids is 1. The van der Waals surface area contributed by atoms with Gasteiger partial charge in [0.25, 0.3) is 21.9 Å². The summed E-state index contributed by atoms with van der Waals surface area (Å²) in [5, 5.41) is 40.0. The van der Waals surface area contributed by atoms with Crippen LogP contribution >= 0.6 is 11.8 Å². The average molecular weight is 1880 g/mol. The normalized spacial score (nSPS) is 12.2. The van der Waals surface area contributed by atoms with Crippen LogP contribution < -0.4 is 15.5 Å². The number of halogens is 3. The molecule has 6 N–H and O–H groups in total. The number of carbonyl (C=O) groups is 6. The number of aliphatic hydroxyl groups is 3. The second kappa shape index (κ2) is 66.7. The standard InChI is InChI=1S/C40H35F3N4O4S.C20H32O8S.C15H30O5.C13H26O6.C6H14O4/c41-40(42,43)31-11-5-7-26(20-31)24-45-37(48)29-15-16-44-36(22-29)34-23-32(47-17-2-1-3-18-47)13-14-35(34)46-38(49)28-9-4-8-27(19-28)25-52-33-12-6-10-30(21-33)39(50)51;1-17-5-7-18(8-6-17)29(22,23)27-16-15-26-14-13-25-12-11-24-10-9-19(21)28-20(2,3)4;1-5-6-8-17-10-12-19-13-11-18-9-7-14(16)20-15(2,3)4;1-13(2,3)19-12(15)4-6-16-8-10-18-11-9-17-7-5-14;7-1-3-9-5-6-10-4-2-8/h4-16,19-23H,1-3,17-18,24-25H2,(H,45,48)(H,46,49)(H,50,51);5-8H,9-16H2,1-4H3;5-13H2,1-4H3;14H,4-11H2,1-3H3;7-8H,1-6H2. The Hall–Kier alpha value is -8.64. The number of alkyl halides is 3. The lowest BCUT2D eigenvalue weighted by molar-refractivity contribution is -0.157. The highest BCUT2D eigenvalue weighted by molar-refractivity contribution is 7.98. The van der Waals surface area contributed by atoms with Gasteiger partial charge in [-0.1, -0.05) is 61.4 Å². The number of ether oxygens (including phenoxy) is 14. The van der Waals surface area contributed by atoms with Crippen LogP contribution in [-0.4, -0.2) is 271 Å². The quantitative estimate of drug-likeness (QED) is 0.00679. The smallest absolute Gasteiger partial charge is 0.416 e. The molecule has 31 nitrogen and oxygen atoms in total. The molecule has 5 aromatic carbocycles. The second-order valence-electron chi connectivity index (χ2n) is 31.7. The Kier molecular flexibility index (Phi) is 59.3. The molecule has 1 saturated heterocycles. The number of hydrogen-bond donors (Lipinski definition) is 6. The van der Waals surface area contributed by atoms with Gasteiger partial charge >= 0.3 is 30.1 Å². The van der Waals surface area contributed by atoms with E-state index in [0.29, 0.717) is 159 Å². The largest absolute Gasteiger partial charge is 0.478 e. The van der Waals surface area contributed by atoms with E-state index in [1.165, 1.54) is 54.4 Å². The molecular weight excluding hydrogens is 1740 g/mol. The Balaban J connectivity index is 0.000000471. The van der Waals surface area contributed by atoms with Crippen LogP contribution in [0.1, 0.15) is 174 Å². The summed E-state index contributed by atoms with van der Waals surface area (Å²) in [4.78, 5) is 80.1. The molecule has 0 saturated carbocycles. The zero-order chi connectivity index (χ0) is 95.9. The van der Waals surface area contributed by atoms with Crippen LogP contribution in [-0.2, 0) is 113 Å². The first-order chi connectivity index (χ1) is 62.0. The number of aryl methyl sites for hydroxylation is 1. The van der Waals surface area contributed by atoms with Gasteiger partial charge in [-0.2, -0.15) is 21.6 Å². The van der Waals surface area contributed by atoms with E-state index < -0.39 is 50.5 Å². The van der Waals surface area contributed by atoms with Crippen molar-refractivity contribution >= 4 is 68.9 Å². The van der Waals surface area contributed by atoms with Crippen LogP contribution in [0.2, 0.25) is 0 Å². The number of aliphatic hydroxyl groups excluding tert-OH is 3. The molecule has 728 valence electrons. The molecule has 2 amide bonds. The number of rotatable bonds is 55. The number of esters is 3. The molecule has 1 fully saturated rings. The number of carboxylic acids is 1. The van der Waals surface area contributed by atoms with Gasteiger partial charge in [-0.25, -0.2) is 4.79 Å². The van der Waals surface area contributed by atoms with E-state index in [2.05, 4.69) is 27.4 Å². The SMILES string of the molecule is CC(C)(C)OC(=O)CCOCCOCCOCCO.CCCCOCCOCCOCCC(=O)OC(C)(C)C.Cc1ccc(S(=O)(=O)OCCOCCOCCOCCC(=O)OC(C)(C)C)cc1.O=C(O)c1cccc(SCc2cccc(C(=O)Nc3ccc(N4CCCCC4)cc3-c3cc(C(=O)NCc4cccc(C(F)(F)F)c4)ccn3)c2)c1.OCCOCCOCCO. The van der Waals surface area contributed by atoms with Crippen LogP contribution in [0.3, 0.4) is 0 Å². The van der Waals surface area contributed by atoms with Gasteiger partial charge in [-0.15, -0.1) is 11.8 Å². The van der Waals surface area contributed by atoms with Gasteiger partial charge in [0.1, 0.15) is 16.8 Å². The van der Waals surface area contributed by atoms with Crippen LogP contribution in [0.4, 0.5) is 24.5 Å². The van der Waals surface area contributed by atoms with Crippen molar-refractivity contribution in [3.8, 4) is 11.3 Å². The summed E-state index contributed by atoms with van der Waals surface area (Å²) in [7, 11) is -3.76. The predicted molar refractivity (Wildman–Crippen MR) is 487 cm³/mol. The number of carbonyl (C=O) groups excluding carboxylic acids is 5. The van der Waals surface area contributed by atoms with Crippen molar-refractivity contribution < 1.29 is 141 Å². The summed E-state index contributed by atoms with van der Waals surface area (Å²) in [6.07, 6.45) is 3.24. The number of hydrogen-bond acceptors (Lipinski definition) is 29. The molecule has 1 aromatic heterocycles. The van der Waals surface area contributed by atoms with Gasteiger partial charge in [0.05, 0.1) is 212 Å². The molecule has 0 radical (unpaired) electrons. The maximum Gasteiger partial charge on any atom is 0.416 e. The number of piperidine rings is 1. The number of nitrogens with zero attached hydrogens (tertiary/aromatic N) is 2. The number of anilines is 2. The number of amides is 2. The van der Waals surface area contributed by atoms with Gasteiger partial charge in [-0.3, -0.25) is 33.1 Å². The number of carboxylic acid groups (broad SMARTS) is 1. The van der Waals surface area contributed by atoms with E-state index >= 15 is 0 Å². The summed E-state index contributed by atoms with van der Waals surface area (Å²) >= 11 is 1.47. The van der Waals surface area contributed by atoms with Crippen molar-refractivity contribution in [1.82, 2.24) is 10.3 Å². The molecular formula is C94H137F3N4O27S2. The fourth-order valence-electron chi connectivity index (χ4n) is 11.0. The van der Waals surface area contributed by atoms with Gasteiger partial charge in [0, 0.05) is 65.5 Å². The van der Waals surface area contributed by atoms with Crippen molar-refractivity contribution in [2.75, 3.05) is 195 Å². The van der Waals surface area contributed by atoms with Gasteiger partial charge in [0.2, 0.25) is 0 Å². The first-order valence-electron chi connectivity index (χ1n) is 43.4. The summed E-state index contributed by atoms with van der Waals surface area (Å²) in [6.45, 7) is 31.5. The minimum absolute atomic E-state index is 0.0216. The number of pyridine rings is 1. The van der Waals surface area contributed by atoms with Crippen molar-refractivity contribution in [3.63, 3.8) is 0 Å². The lowest BCUT2D eigenvalue weighted by Gasteiger charge is -2.29. The van der Waals surface area contributed by atoms with E-state index in [-0.39, 0.29) is 105 Å². The van der Waals surface area contributed by atoms with E-state index in [9.17, 15) is 55.5 Å². The molecule has 1 aliphatic heterocycles. The van der Waals surface area contributed by atoms with Gasteiger partial charge in [-0.05, 0) is 191 Å². The Bertz CT molecular complexity index is 4250. The van der Waals surface area contributed by atoms with Crippen LogP contribution in [0.15, 0.2) is 143 Å². The van der Waals surface area contributed by atoms with E-state index in [0.717, 1.165) is 85.6 Å². The molecule has 2 heterocycles. The highest BCUT2D eigenvalue weighted by Gasteiger charge is 2.31. The minimum Gasteiger partial charge on any atom is -0.478 e. The number of aromatic nitrogens is 1. The molecule has 0 aliphatic carbocycles. The molecule has 0 unspecified atom stereocenters. The number of benzene rings is 5. The maximum absolute atomic E-state index is 13.7. The first kappa shape index (κ1) is 116. The zero-order valence-electron chi connectivity index (χ0n) is 77.1. The van der Waals surface area contributed by atoms with E-state index in [1.807, 2.05) is 99.6 Å². The Morgan fingerprint density at radius 3 is 1.38 bits per heavy atom. The maximum atomic E-state index is 13.7. The molecule has 1 aliphatic rings. The molecule has 0 atom stereocenters. The number of thioether (sulfide) groups is 1. The average Bonchev–Trinajstić information content (AvgIpc) is 0.794. The zero-order valence-corrected chi connectivity index (χ0v) is 78.7. The molecule has 0 bridgehead atoms. The lowest BCUT2D eigenvalue weighted by atomic mass is 10.0. The molecule has 36 heteroatoms. The van der Waals surface area contributed by atoms with Crippen molar-refractivity contribution in [1.29, 1.82) is 0 Å². The van der Waals surface area contributed by atoms with Crippen molar-refractivity contribution in [3.05, 3.63) is 173 Å².